The summed E-state index contributed by atoms with van der Waals surface area (Å²) < 4.78 is 43.4. The van der Waals surface area contributed by atoms with Crippen LogP contribution in [0.25, 0.3) is 0 Å². The number of hydrogen-bond donors (Lipinski definition) is 1. The zero-order valence-corrected chi connectivity index (χ0v) is 18.8. The lowest BCUT2D eigenvalue weighted by Crippen LogP contribution is -2.45. The van der Waals surface area contributed by atoms with Crippen molar-refractivity contribution in [3.8, 4) is 11.5 Å². The molecule has 1 N–H and O–H groups in total. The van der Waals surface area contributed by atoms with Gasteiger partial charge in [0.25, 0.3) is 0 Å². The molecule has 1 aliphatic carbocycles. The van der Waals surface area contributed by atoms with Crippen LogP contribution in [-0.4, -0.2) is 16.9 Å². The Kier molecular flexibility index (Phi) is 6.23. The average Bonchev–Trinajstić information content (AvgIpc) is 2.58. The molecule has 0 spiro atoms. The molecule has 5 heteroatoms. The molecule has 0 fully saturated rings. The van der Waals surface area contributed by atoms with Crippen LogP contribution in [0.1, 0.15) is 96.6 Å². The van der Waals surface area contributed by atoms with Crippen molar-refractivity contribution in [2.24, 2.45) is 5.92 Å². The number of halogens is 3. The van der Waals surface area contributed by atoms with Gasteiger partial charge in [-0.3, -0.25) is 0 Å². The monoisotopic (exact) mass is 424 g/mol. The second-order valence-corrected chi connectivity index (χ2v) is 10.4. The highest BCUT2D eigenvalue weighted by Crippen LogP contribution is 2.55. The van der Waals surface area contributed by atoms with E-state index in [1.54, 1.807) is 0 Å². The number of rotatable bonds is 6. The van der Waals surface area contributed by atoms with Crippen LogP contribution in [0.2, 0.25) is 0 Å². The number of ether oxygens (including phenoxy) is 1. The number of allylic oxidation sites excluding steroid dienone is 2. The summed E-state index contributed by atoms with van der Waals surface area (Å²) in [6.45, 7) is 10.6. The van der Waals surface area contributed by atoms with Crippen molar-refractivity contribution in [2.75, 3.05) is 0 Å². The topological polar surface area (TPSA) is 29.5 Å². The predicted molar refractivity (Wildman–Crippen MR) is 114 cm³/mol. The van der Waals surface area contributed by atoms with Crippen molar-refractivity contribution in [3.63, 3.8) is 0 Å². The van der Waals surface area contributed by atoms with E-state index in [1.807, 2.05) is 6.07 Å². The van der Waals surface area contributed by atoms with Crippen LogP contribution < -0.4 is 4.74 Å². The molecule has 1 heterocycles. The maximum absolute atomic E-state index is 12.3. The lowest BCUT2D eigenvalue weighted by Gasteiger charge is -2.47. The van der Waals surface area contributed by atoms with Crippen LogP contribution in [-0.2, 0) is 5.41 Å². The normalized spacial score (nSPS) is 23.3. The third-order valence-corrected chi connectivity index (χ3v) is 7.05. The predicted octanol–water partition coefficient (Wildman–Crippen LogP) is 7.79. The van der Waals surface area contributed by atoms with E-state index < -0.39 is 12.6 Å². The molecule has 0 radical (unpaired) electrons. The number of phenols is 1. The van der Waals surface area contributed by atoms with Crippen LogP contribution in [0.5, 0.6) is 11.5 Å². The molecule has 2 nitrogen and oxygen atoms in total. The molecule has 0 bridgehead atoms. The Bertz CT molecular complexity index is 805. The van der Waals surface area contributed by atoms with Crippen molar-refractivity contribution < 1.29 is 23.0 Å². The number of fused-ring (bicyclic) bond motifs is 3. The van der Waals surface area contributed by atoms with E-state index in [0.29, 0.717) is 12.3 Å². The summed E-state index contributed by atoms with van der Waals surface area (Å²) in [6, 6.07) is 3.90. The van der Waals surface area contributed by atoms with Gasteiger partial charge in [0.15, 0.2) is 0 Å². The quantitative estimate of drug-likeness (QED) is 0.373. The Morgan fingerprint density at radius 1 is 1.10 bits per heavy atom. The molecular formula is C25H35F3O2. The van der Waals surface area contributed by atoms with E-state index in [1.165, 1.54) is 5.57 Å². The van der Waals surface area contributed by atoms with E-state index in [9.17, 15) is 18.3 Å². The van der Waals surface area contributed by atoms with Crippen molar-refractivity contribution in [1.29, 1.82) is 0 Å². The number of hydrogen-bond acceptors (Lipinski definition) is 2. The molecule has 3 rings (SSSR count). The van der Waals surface area contributed by atoms with E-state index in [0.717, 1.165) is 42.6 Å². The second kappa shape index (κ2) is 8.12. The first kappa shape index (κ1) is 23.0. The van der Waals surface area contributed by atoms with Gasteiger partial charge in [-0.2, -0.15) is 13.2 Å². The van der Waals surface area contributed by atoms with Crippen LogP contribution in [0.3, 0.4) is 0 Å². The fraction of sp³-hybridized carbons (Fsp3) is 0.680. The van der Waals surface area contributed by atoms with Crippen LogP contribution in [0.15, 0.2) is 23.8 Å². The molecule has 0 aromatic heterocycles. The number of benzene rings is 1. The molecule has 1 aromatic carbocycles. The second-order valence-electron chi connectivity index (χ2n) is 10.4. The number of phenolic OH excluding ortho intramolecular Hbond substituents is 1. The Morgan fingerprint density at radius 3 is 2.43 bits per heavy atom. The van der Waals surface area contributed by atoms with E-state index >= 15 is 0 Å². The first-order chi connectivity index (χ1) is 13.8. The first-order valence-corrected chi connectivity index (χ1v) is 11.1. The maximum Gasteiger partial charge on any atom is 0.389 e. The van der Waals surface area contributed by atoms with E-state index in [4.69, 9.17) is 4.74 Å². The molecule has 1 aliphatic heterocycles. The molecule has 0 saturated carbocycles. The molecule has 2 atom stereocenters. The van der Waals surface area contributed by atoms with Gasteiger partial charge in [-0.1, -0.05) is 38.3 Å². The van der Waals surface area contributed by atoms with Crippen molar-refractivity contribution in [1.82, 2.24) is 0 Å². The fourth-order valence-corrected chi connectivity index (χ4v) is 5.17. The third kappa shape index (κ3) is 4.97. The van der Waals surface area contributed by atoms with Crippen molar-refractivity contribution in [3.05, 3.63) is 34.9 Å². The number of aromatic hydroxyl groups is 1. The van der Waals surface area contributed by atoms with Gasteiger partial charge in [-0.05, 0) is 69.6 Å². The van der Waals surface area contributed by atoms with Crippen LogP contribution in [0, 0.1) is 5.92 Å². The Hall–Kier alpha value is -1.65. The highest BCUT2D eigenvalue weighted by atomic mass is 19.4. The largest absolute Gasteiger partial charge is 0.508 e. The average molecular weight is 425 g/mol. The van der Waals surface area contributed by atoms with Gasteiger partial charge < -0.3 is 9.84 Å². The molecule has 30 heavy (non-hydrogen) atoms. The number of unbranched alkanes of at least 4 members (excludes halogenated alkanes) is 2. The lowest BCUT2D eigenvalue weighted by atomic mass is 9.66. The summed E-state index contributed by atoms with van der Waals surface area (Å²) in [5, 5.41) is 11.0. The standard InChI is InChI=1S/C25H35F3O2/c1-16-9-10-19-18(13-16)22-20(29)14-17(15-21(22)30-24(19,4)5)23(2,3)11-7-6-8-12-25(26,27)28/h9,14-15,18-19,29H,6-8,10-13H2,1-5H3/t18-,19-/m1/s1. The van der Waals surface area contributed by atoms with Gasteiger partial charge in [-0.25, -0.2) is 0 Å². The molecular weight excluding hydrogens is 389 g/mol. The minimum atomic E-state index is -4.07. The molecule has 1 aromatic rings. The Balaban J connectivity index is 1.79. The van der Waals surface area contributed by atoms with Gasteiger partial charge in [0.1, 0.15) is 17.1 Å². The van der Waals surface area contributed by atoms with Gasteiger partial charge >= 0.3 is 6.18 Å². The Morgan fingerprint density at radius 2 is 1.77 bits per heavy atom. The third-order valence-electron chi connectivity index (χ3n) is 7.05. The summed E-state index contributed by atoms with van der Waals surface area (Å²) in [7, 11) is 0. The summed E-state index contributed by atoms with van der Waals surface area (Å²) in [5.74, 6) is 1.62. The SMILES string of the molecule is CC1=CC[C@@H]2[C@@H](C1)c1c(O)cc(C(C)(C)CCCCCC(F)(F)F)cc1OC2(C)C. The van der Waals surface area contributed by atoms with Crippen molar-refractivity contribution >= 4 is 0 Å². The summed E-state index contributed by atoms with van der Waals surface area (Å²) in [4.78, 5) is 0. The van der Waals surface area contributed by atoms with Gasteiger partial charge in [0.2, 0.25) is 0 Å². The van der Waals surface area contributed by atoms with Gasteiger partial charge in [0, 0.05) is 23.8 Å². The maximum atomic E-state index is 12.3. The highest BCUT2D eigenvalue weighted by molar-refractivity contribution is 5.54. The smallest absolute Gasteiger partial charge is 0.389 e. The molecule has 2 aliphatic rings. The lowest BCUT2D eigenvalue weighted by molar-refractivity contribution is -0.135. The number of alkyl halides is 3. The van der Waals surface area contributed by atoms with Crippen LogP contribution >= 0.6 is 0 Å². The minimum absolute atomic E-state index is 0.169. The van der Waals surface area contributed by atoms with E-state index in [2.05, 4.69) is 46.8 Å². The zero-order chi connectivity index (χ0) is 22.3. The molecule has 0 saturated heterocycles. The summed E-state index contributed by atoms with van der Waals surface area (Å²) in [6.07, 6.45) is 1.59. The summed E-state index contributed by atoms with van der Waals surface area (Å²) >= 11 is 0. The Labute approximate surface area is 178 Å². The minimum Gasteiger partial charge on any atom is -0.508 e. The van der Waals surface area contributed by atoms with E-state index in [-0.39, 0.29) is 29.1 Å². The van der Waals surface area contributed by atoms with Gasteiger partial charge in [0.05, 0.1) is 0 Å². The van der Waals surface area contributed by atoms with Crippen molar-refractivity contribution in [2.45, 2.75) is 103 Å². The first-order valence-electron chi connectivity index (χ1n) is 11.1. The van der Waals surface area contributed by atoms with Crippen LogP contribution in [0.4, 0.5) is 13.2 Å². The molecule has 168 valence electrons. The summed E-state index contributed by atoms with van der Waals surface area (Å²) in [5.41, 5.74) is 2.67. The van der Waals surface area contributed by atoms with Gasteiger partial charge in [-0.15, -0.1) is 0 Å². The fourth-order valence-electron chi connectivity index (χ4n) is 5.17. The zero-order valence-electron chi connectivity index (χ0n) is 18.8. The molecule has 0 amide bonds. The molecule has 0 unspecified atom stereocenters. The highest BCUT2D eigenvalue weighted by Gasteiger charge is 2.46.